The predicted octanol–water partition coefficient (Wildman–Crippen LogP) is 1.14. The van der Waals surface area contributed by atoms with Gasteiger partial charge < -0.3 is 5.32 Å². The molecule has 1 saturated heterocycles. The smallest absolute Gasteiger partial charge is 0.305 e. The van der Waals surface area contributed by atoms with Crippen LogP contribution in [0, 0.1) is 15.9 Å². The molecule has 1 aromatic rings. The van der Waals surface area contributed by atoms with Gasteiger partial charge in [-0.1, -0.05) is 12.1 Å². The molecule has 0 atom stereocenters. The summed E-state index contributed by atoms with van der Waals surface area (Å²) in [7, 11) is 0. The third-order valence-electron chi connectivity index (χ3n) is 2.86. The van der Waals surface area contributed by atoms with Crippen LogP contribution in [0.2, 0.25) is 0 Å². The number of hydrogen-bond acceptors (Lipinski definition) is 4. The Kier molecular flexibility index (Phi) is 3.65. The molecule has 0 spiro atoms. The Morgan fingerprint density at radius 3 is 2.76 bits per heavy atom. The standard InChI is InChI=1S/C11H14FN3O2/c12-11-9(2-1-3-10(11)15(16)17)8-14-6-4-13-5-7-14/h1-3,13H,4-8H2. The first kappa shape index (κ1) is 11.9. The van der Waals surface area contributed by atoms with Crippen molar-refractivity contribution in [3.05, 3.63) is 39.7 Å². The summed E-state index contributed by atoms with van der Waals surface area (Å²) >= 11 is 0. The molecule has 1 aliphatic heterocycles. The first-order valence-electron chi connectivity index (χ1n) is 5.53. The van der Waals surface area contributed by atoms with Gasteiger partial charge in [0.05, 0.1) is 4.92 Å². The summed E-state index contributed by atoms with van der Waals surface area (Å²) in [5, 5.41) is 13.8. The maximum atomic E-state index is 13.8. The minimum absolute atomic E-state index is 0.390. The molecular formula is C11H14FN3O2. The molecule has 0 aromatic heterocycles. The molecule has 2 rings (SSSR count). The molecule has 1 fully saturated rings. The number of hydrogen-bond donors (Lipinski definition) is 1. The van der Waals surface area contributed by atoms with Crippen LogP contribution in [-0.2, 0) is 6.54 Å². The van der Waals surface area contributed by atoms with Gasteiger partial charge in [0.15, 0.2) is 0 Å². The second kappa shape index (κ2) is 5.20. The number of nitrogens with one attached hydrogen (secondary N) is 1. The van der Waals surface area contributed by atoms with Crippen molar-refractivity contribution in [3.8, 4) is 0 Å². The quantitative estimate of drug-likeness (QED) is 0.634. The van der Waals surface area contributed by atoms with E-state index in [1.807, 2.05) is 0 Å². The average Bonchev–Trinajstić information content (AvgIpc) is 2.33. The van der Waals surface area contributed by atoms with Crippen LogP contribution in [0.25, 0.3) is 0 Å². The molecule has 0 amide bonds. The normalized spacial score (nSPS) is 17.0. The van der Waals surface area contributed by atoms with Crippen molar-refractivity contribution in [1.29, 1.82) is 0 Å². The fourth-order valence-electron chi connectivity index (χ4n) is 1.94. The molecule has 0 bridgehead atoms. The summed E-state index contributed by atoms with van der Waals surface area (Å²) in [6.07, 6.45) is 0. The Bertz CT molecular complexity index is 419. The third-order valence-corrected chi connectivity index (χ3v) is 2.86. The number of nitro benzene ring substituents is 1. The summed E-state index contributed by atoms with van der Waals surface area (Å²) in [6, 6.07) is 4.32. The number of nitro groups is 1. The van der Waals surface area contributed by atoms with E-state index in [1.165, 1.54) is 12.1 Å². The maximum Gasteiger partial charge on any atom is 0.305 e. The van der Waals surface area contributed by atoms with Crippen molar-refractivity contribution in [3.63, 3.8) is 0 Å². The van der Waals surface area contributed by atoms with Crippen LogP contribution in [0.15, 0.2) is 18.2 Å². The lowest BCUT2D eigenvalue weighted by atomic mass is 10.1. The van der Waals surface area contributed by atoms with Crippen LogP contribution >= 0.6 is 0 Å². The lowest BCUT2D eigenvalue weighted by Gasteiger charge is -2.27. The monoisotopic (exact) mass is 239 g/mol. The number of rotatable bonds is 3. The topological polar surface area (TPSA) is 58.4 Å². The summed E-state index contributed by atoms with van der Waals surface area (Å²) < 4.78 is 13.8. The summed E-state index contributed by atoms with van der Waals surface area (Å²) in [5.74, 6) is -0.712. The van der Waals surface area contributed by atoms with E-state index >= 15 is 0 Å². The molecule has 17 heavy (non-hydrogen) atoms. The van der Waals surface area contributed by atoms with E-state index in [1.54, 1.807) is 6.07 Å². The minimum Gasteiger partial charge on any atom is -0.314 e. The van der Waals surface area contributed by atoms with E-state index in [2.05, 4.69) is 10.2 Å². The first-order chi connectivity index (χ1) is 8.18. The zero-order valence-corrected chi connectivity index (χ0v) is 9.36. The molecule has 0 unspecified atom stereocenters. The van der Waals surface area contributed by atoms with E-state index < -0.39 is 16.4 Å². The minimum atomic E-state index is -0.712. The van der Waals surface area contributed by atoms with Crippen LogP contribution in [0.4, 0.5) is 10.1 Å². The van der Waals surface area contributed by atoms with E-state index in [0.29, 0.717) is 12.1 Å². The fourth-order valence-corrected chi connectivity index (χ4v) is 1.94. The Balaban J connectivity index is 2.15. The third kappa shape index (κ3) is 2.78. The fraction of sp³-hybridized carbons (Fsp3) is 0.455. The van der Waals surface area contributed by atoms with Crippen LogP contribution in [-0.4, -0.2) is 36.0 Å². The highest BCUT2D eigenvalue weighted by atomic mass is 19.1. The van der Waals surface area contributed by atoms with E-state index in [-0.39, 0.29) is 0 Å². The lowest BCUT2D eigenvalue weighted by molar-refractivity contribution is -0.387. The van der Waals surface area contributed by atoms with Gasteiger partial charge in [-0.25, -0.2) is 0 Å². The lowest BCUT2D eigenvalue weighted by Crippen LogP contribution is -2.43. The van der Waals surface area contributed by atoms with E-state index in [9.17, 15) is 14.5 Å². The van der Waals surface area contributed by atoms with Crippen molar-refractivity contribution in [2.75, 3.05) is 26.2 Å². The van der Waals surface area contributed by atoms with Gasteiger partial charge >= 0.3 is 5.69 Å². The van der Waals surface area contributed by atoms with Crippen LogP contribution in [0.5, 0.6) is 0 Å². The van der Waals surface area contributed by atoms with Crippen molar-refractivity contribution in [2.45, 2.75) is 6.54 Å². The molecule has 5 nitrogen and oxygen atoms in total. The SMILES string of the molecule is O=[N+]([O-])c1cccc(CN2CCNCC2)c1F. The van der Waals surface area contributed by atoms with Crippen LogP contribution in [0.3, 0.4) is 0 Å². The summed E-state index contributed by atoms with van der Waals surface area (Å²) in [5.41, 5.74) is -0.0567. The second-order valence-electron chi connectivity index (χ2n) is 4.03. The van der Waals surface area contributed by atoms with Gasteiger partial charge in [-0.15, -0.1) is 0 Å². The highest BCUT2D eigenvalue weighted by molar-refractivity contribution is 5.36. The molecular weight excluding hydrogens is 225 g/mol. The van der Waals surface area contributed by atoms with Crippen molar-refractivity contribution in [2.24, 2.45) is 0 Å². The van der Waals surface area contributed by atoms with Crippen LogP contribution in [0.1, 0.15) is 5.56 Å². The largest absolute Gasteiger partial charge is 0.314 e. The maximum absolute atomic E-state index is 13.8. The highest BCUT2D eigenvalue weighted by Gasteiger charge is 2.19. The second-order valence-corrected chi connectivity index (χ2v) is 4.03. The number of nitrogens with zero attached hydrogens (tertiary/aromatic N) is 2. The predicted molar refractivity (Wildman–Crippen MR) is 61.2 cm³/mol. The van der Waals surface area contributed by atoms with Gasteiger partial charge in [-0.05, 0) is 0 Å². The molecule has 0 saturated carbocycles. The van der Waals surface area contributed by atoms with Crippen molar-refractivity contribution in [1.82, 2.24) is 10.2 Å². The average molecular weight is 239 g/mol. The van der Waals surface area contributed by atoms with Gasteiger partial charge in [0.25, 0.3) is 0 Å². The van der Waals surface area contributed by atoms with Crippen LogP contribution < -0.4 is 5.32 Å². The number of benzene rings is 1. The first-order valence-corrected chi connectivity index (χ1v) is 5.53. The zero-order valence-electron chi connectivity index (χ0n) is 9.36. The molecule has 6 heteroatoms. The van der Waals surface area contributed by atoms with Gasteiger partial charge in [-0.3, -0.25) is 15.0 Å². The van der Waals surface area contributed by atoms with Crippen molar-refractivity contribution < 1.29 is 9.31 Å². The van der Waals surface area contributed by atoms with E-state index in [4.69, 9.17) is 0 Å². The molecule has 0 radical (unpaired) electrons. The Hall–Kier alpha value is -1.53. The highest BCUT2D eigenvalue weighted by Crippen LogP contribution is 2.21. The summed E-state index contributed by atoms with van der Waals surface area (Å²) in [4.78, 5) is 12.0. The van der Waals surface area contributed by atoms with E-state index in [0.717, 1.165) is 26.2 Å². The molecule has 92 valence electrons. The molecule has 0 aliphatic carbocycles. The Morgan fingerprint density at radius 1 is 1.41 bits per heavy atom. The molecule has 1 aromatic carbocycles. The zero-order chi connectivity index (χ0) is 12.3. The van der Waals surface area contributed by atoms with Gasteiger partial charge in [0.2, 0.25) is 5.82 Å². The van der Waals surface area contributed by atoms with Gasteiger partial charge in [-0.2, -0.15) is 4.39 Å². The molecule has 1 aliphatic rings. The summed E-state index contributed by atoms with van der Waals surface area (Å²) in [6.45, 7) is 3.84. The Morgan fingerprint density at radius 2 is 2.12 bits per heavy atom. The number of piperazine rings is 1. The molecule has 1 heterocycles. The Labute approximate surface area is 98.4 Å². The number of halogens is 1. The molecule has 1 N–H and O–H groups in total. The van der Waals surface area contributed by atoms with Gasteiger partial charge in [0, 0.05) is 44.4 Å². The van der Waals surface area contributed by atoms with Gasteiger partial charge in [0.1, 0.15) is 0 Å². The van der Waals surface area contributed by atoms with Crippen molar-refractivity contribution >= 4 is 5.69 Å².